The van der Waals surface area contributed by atoms with E-state index in [1.807, 2.05) is 0 Å². The molecule has 0 amide bonds. The van der Waals surface area contributed by atoms with Gasteiger partial charge in [0.1, 0.15) is 0 Å². The van der Waals surface area contributed by atoms with E-state index >= 15 is 0 Å². The van der Waals surface area contributed by atoms with E-state index in [0.717, 1.165) is 0 Å². The van der Waals surface area contributed by atoms with Gasteiger partial charge in [0.15, 0.2) is 9.84 Å². The Bertz CT molecular complexity index is 622. The number of hydrogen-bond acceptors (Lipinski definition) is 6. The van der Waals surface area contributed by atoms with Crippen molar-refractivity contribution in [2.75, 3.05) is 18.1 Å². The average Bonchev–Trinajstić information content (AvgIpc) is 2.75. The van der Waals surface area contributed by atoms with Crippen LogP contribution in [0, 0.1) is 16.0 Å². The predicted molar refractivity (Wildman–Crippen MR) is 70.1 cm³/mol. The first kappa shape index (κ1) is 14.4. The number of nitro benzene ring substituents is 1. The fraction of sp³-hybridized carbons (Fsp3) is 0.417. The quantitative estimate of drug-likeness (QED) is 0.470. The Morgan fingerprint density at radius 3 is 2.50 bits per heavy atom. The van der Waals surface area contributed by atoms with Gasteiger partial charge in [-0.15, -0.1) is 0 Å². The molecular formula is C12H13NO6S. The highest BCUT2D eigenvalue weighted by Crippen LogP contribution is 2.19. The summed E-state index contributed by atoms with van der Waals surface area (Å²) in [5.74, 6) is -0.598. The number of hydrogen-bond donors (Lipinski definition) is 0. The van der Waals surface area contributed by atoms with Crippen molar-refractivity contribution in [3.05, 3.63) is 39.9 Å². The summed E-state index contributed by atoms with van der Waals surface area (Å²) in [5, 5.41) is 10.5. The highest BCUT2D eigenvalue weighted by Gasteiger charge is 2.28. The first-order chi connectivity index (χ1) is 9.37. The predicted octanol–water partition coefficient (Wildman–Crippen LogP) is 1.19. The first-order valence-corrected chi connectivity index (χ1v) is 7.81. The van der Waals surface area contributed by atoms with Crippen molar-refractivity contribution in [3.8, 4) is 0 Å². The second kappa shape index (κ2) is 5.58. The Balaban J connectivity index is 1.90. The SMILES string of the molecule is O=C(OC[C@H]1CCS(=O)(=O)C1)c1ccc([N+](=O)[O-])cc1. The summed E-state index contributed by atoms with van der Waals surface area (Å²) in [6, 6.07) is 5.06. The van der Waals surface area contributed by atoms with E-state index in [2.05, 4.69) is 0 Å². The molecule has 1 aliphatic rings. The second-order valence-corrected chi connectivity index (χ2v) is 6.90. The summed E-state index contributed by atoms with van der Waals surface area (Å²) in [4.78, 5) is 21.6. The van der Waals surface area contributed by atoms with Gasteiger partial charge in [0.25, 0.3) is 5.69 Å². The lowest BCUT2D eigenvalue weighted by Crippen LogP contribution is -2.15. The zero-order valence-corrected chi connectivity index (χ0v) is 11.3. The fourth-order valence-corrected chi connectivity index (χ4v) is 3.84. The standard InChI is InChI=1S/C12H13NO6S/c14-12(10-1-3-11(4-2-10)13(15)16)19-7-9-5-6-20(17,18)8-9/h1-4,9H,5-8H2/t9-/m1/s1. The van der Waals surface area contributed by atoms with Gasteiger partial charge in [0.2, 0.25) is 0 Å². The maximum atomic E-state index is 11.7. The van der Waals surface area contributed by atoms with Gasteiger partial charge in [-0.2, -0.15) is 0 Å². The molecule has 108 valence electrons. The van der Waals surface area contributed by atoms with Crippen molar-refractivity contribution in [2.45, 2.75) is 6.42 Å². The molecule has 8 heteroatoms. The van der Waals surface area contributed by atoms with Crippen molar-refractivity contribution in [1.29, 1.82) is 0 Å². The maximum absolute atomic E-state index is 11.7. The Morgan fingerprint density at radius 2 is 2.00 bits per heavy atom. The summed E-state index contributed by atoms with van der Waals surface area (Å²) in [7, 11) is -2.99. The van der Waals surface area contributed by atoms with E-state index in [1.165, 1.54) is 24.3 Å². The van der Waals surface area contributed by atoms with E-state index in [0.29, 0.717) is 6.42 Å². The Hall–Kier alpha value is -1.96. The smallest absolute Gasteiger partial charge is 0.338 e. The van der Waals surface area contributed by atoms with Crippen LogP contribution in [0.2, 0.25) is 0 Å². The molecule has 0 aromatic heterocycles. The number of carbonyl (C=O) groups excluding carboxylic acids is 1. The summed E-state index contributed by atoms with van der Waals surface area (Å²) in [6.07, 6.45) is 0.496. The second-order valence-electron chi connectivity index (χ2n) is 4.67. The average molecular weight is 299 g/mol. The normalized spacial score (nSPS) is 20.5. The number of benzene rings is 1. The lowest BCUT2D eigenvalue weighted by molar-refractivity contribution is -0.384. The highest BCUT2D eigenvalue weighted by atomic mass is 32.2. The van der Waals surface area contributed by atoms with Crippen molar-refractivity contribution in [3.63, 3.8) is 0 Å². The van der Waals surface area contributed by atoms with Gasteiger partial charge >= 0.3 is 5.97 Å². The molecule has 20 heavy (non-hydrogen) atoms. The van der Waals surface area contributed by atoms with Crippen molar-refractivity contribution in [1.82, 2.24) is 0 Å². The van der Waals surface area contributed by atoms with Gasteiger partial charge in [0.05, 0.1) is 28.6 Å². The third-order valence-corrected chi connectivity index (χ3v) is 4.93. The molecule has 0 bridgehead atoms. The minimum absolute atomic E-state index is 0.0422. The molecule has 1 heterocycles. The summed E-state index contributed by atoms with van der Waals surface area (Å²) >= 11 is 0. The lowest BCUT2D eigenvalue weighted by atomic mass is 10.1. The monoisotopic (exact) mass is 299 g/mol. The van der Waals surface area contributed by atoms with Crippen LogP contribution in [0.5, 0.6) is 0 Å². The van der Waals surface area contributed by atoms with Crippen LogP contribution >= 0.6 is 0 Å². The highest BCUT2D eigenvalue weighted by molar-refractivity contribution is 7.91. The fourth-order valence-electron chi connectivity index (χ4n) is 2.00. The number of esters is 1. The largest absolute Gasteiger partial charge is 0.462 e. The van der Waals surface area contributed by atoms with E-state index in [4.69, 9.17) is 4.74 Å². The van der Waals surface area contributed by atoms with Gasteiger partial charge in [-0.1, -0.05) is 0 Å². The van der Waals surface area contributed by atoms with Crippen LogP contribution in [-0.2, 0) is 14.6 Å². The van der Waals surface area contributed by atoms with Gasteiger partial charge in [-0.05, 0) is 18.6 Å². The summed E-state index contributed by atoms with van der Waals surface area (Å²) in [6.45, 7) is 0.0506. The Labute approximate surface area is 115 Å². The number of ether oxygens (including phenoxy) is 1. The minimum Gasteiger partial charge on any atom is -0.462 e. The summed E-state index contributed by atoms with van der Waals surface area (Å²) in [5.41, 5.74) is 0.0971. The first-order valence-electron chi connectivity index (χ1n) is 5.99. The Kier molecular flexibility index (Phi) is 4.03. The minimum atomic E-state index is -2.99. The molecule has 0 saturated carbocycles. The number of nitro groups is 1. The zero-order chi connectivity index (χ0) is 14.8. The van der Waals surface area contributed by atoms with Crippen LogP contribution in [0.25, 0.3) is 0 Å². The third kappa shape index (κ3) is 3.53. The van der Waals surface area contributed by atoms with Gasteiger partial charge in [0, 0.05) is 18.1 Å². The van der Waals surface area contributed by atoms with Crippen LogP contribution in [0.4, 0.5) is 5.69 Å². The molecule has 0 radical (unpaired) electrons. The van der Waals surface area contributed by atoms with E-state index < -0.39 is 20.7 Å². The van der Waals surface area contributed by atoms with Crippen LogP contribution in [0.3, 0.4) is 0 Å². The summed E-state index contributed by atoms with van der Waals surface area (Å²) < 4.78 is 27.5. The van der Waals surface area contributed by atoms with E-state index in [9.17, 15) is 23.3 Å². The molecule has 1 atom stereocenters. The number of carbonyl (C=O) groups is 1. The molecule has 1 aromatic rings. The molecule has 1 aromatic carbocycles. The van der Waals surface area contributed by atoms with Crippen molar-refractivity contribution < 1.29 is 22.9 Å². The molecule has 1 aliphatic heterocycles. The van der Waals surface area contributed by atoms with Crippen LogP contribution in [0.15, 0.2) is 24.3 Å². The topological polar surface area (TPSA) is 104 Å². The maximum Gasteiger partial charge on any atom is 0.338 e. The Morgan fingerprint density at radius 1 is 1.35 bits per heavy atom. The molecule has 1 fully saturated rings. The van der Waals surface area contributed by atoms with E-state index in [1.54, 1.807) is 0 Å². The van der Waals surface area contributed by atoms with E-state index in [-0.39, 0.29) is 35.3 Å². The molecule has 7 nitrogen and oxygen atoms in total. The van der Waals surface area contributed by atoms with Crippen LogP contribution < -0.4 is 0 Å². The van der Waals surface area contributed by atoms with Gasteiger partial charge in [-0.25, -0.2) is 13.2 Å². The van der Waals surface area contributed by atoms with Gasteiger partial charge < -0.3 is 4.74 Å². The van der Waals surface area contributed by atoms with Gasteiger partial charge in [-0.3, -0.25) is 10.1 Å². The van der Waals surface area contributed by atoms with Crippen molar-refractivity contribution in [2.24, 2.45) is 5.92 Å². The van der Waals surface area contributed by atoms with Crippen LogP contribution in [0.1, 0.15) is 16.8 Å². The number of sulfone groups is 1. The van der Waals surface area contributed by atoms with Crippen LogP contribution in [-0.4, -0.2) is 37.4 Å². The number of non-ortho nitro benzene ring substituents is 1. The molecule has 0 unspecified atom stereocenters. The molecular weight excluding hydrogens is 286 g/mol. The third-order valence-electron chi connectivity index (χ3n) is 3.09. The number of nitrogens with zero attached hydrogens (tertiary/aromatic N) is 1. The number of rotatable bonds is 4. The van der Waals surface area contributed by atoms with Crippen molar-refractivity contribution >= 4 is 21.5 Å². The molecule has 1 saturated heterocycles. The molecule has 0 N–H and O–H groups in total. The molecule has 0 spiro atoms. The zero-order valence-electron chi connectivity index (χ0n) is 10.5. The molecule has 2 rings (SSSR count). The lowest BCUT2D eigenvalue weighted by Gasteiger charge is -2.08. The molecule has 0 aliphatic carbocycles.